The van der Waals surface area contributed by atoms with Gasteiger partial charge in [0.25, 0.3) is 0 Å². The molecule has 0 spiro atoms. The highest BCUT2D eigenvalue weighted by Gasteiger charge is 2.42. The molecule has 1 aliphatic rings. The summed E-state index contributed by atoms with van der Waals surface area (Å²) >= 11 is 4.28. The van der Waals surface area contributed by atoms with Crippen LogP contribution in [0.5, 0.6) is 0 Å². The Balaban J connectivity index is 2.23. The van der Waals surface area contributed by atoms with Gasteiger partial charge in [0.2, 0.25) is 0 Å². The van der Waals surface area contributed by atoms with Crippen LogP contribution in [-0.4, -0.2) is 45.5 Å². The topological polar surface area (TPSA) is 69.9 Å². The highest BCUT2D eigenvalue weighted by molar-refractivity contribution is 7.81. The second-order valence-electron chi connectivity index (χ2n) is 4.16. The Morgan fingerprint density at radius 2 is 1.76 bits per heavy atom. The molecule has 3 N–H and O–H groups in total. The molecule has 1 unspecified atom stereocenters. The number of benzene rings is 1. The Bertz CT molecular complexity index is 357. The Labute approximate surface area is 105 Å². The molecule has 2 rings (SSSR count). The Morgan fingerprint density at radius 1 is 1.12 bits per heavy atom. The van der Waals surface area contributed by atoms with Gasteiger partial charge >= 0.3 is 0 Å². The minimum atomic E-state index is -1.11. The fraction of sp³-hybridized carbons (Fsp3) is 0.500. The summed E-state index contributed by atoms with van der Waals surface area (Å²) < 4.78 is 5.58. The van der Waals surface area contributed by atoms with Crippen LogP contribution in [0.4, 0.5) is 0 Å². The number of rotatable bonds is 2. The molecule has 0 bridgehead atoms. The van der Waals surface area contributed by atoms with Gasteiger partial charge in [-0.15, -0.1) is 0 Å². The number of hydrogen-bond acceptors (Lipinski definition) is 5. The van der Waals surface area contributed by atoms with Crippen molar-refractivity contribution in [2.24, 2.45) is 0 Å². The van der Waals surface area contributed by atoms with Crippen molar-refractivity contribution in [3.63, 3.8) is 0 Å². The van der Waals surface area contributed by atoms with Gasteiger partial charge in [0.05, 0.1) is 24.1 Å². The Kier molecular flexibility index (Phi) is 4.06. The molecule has 5 atom stereocenters. The zero-order valence-electron chi connectivity index (χ0n) is 9.18. The molecule has 4 nitrogen and oxygen atoms in total. The minimum absolute atomic E-state index is 0.331. The van der Waals surface area contributed by atoms with Crippen molar-refractivity contribution in [2.75, 3.05) is 6.61 Å². The molecule has 94 valence electrons. The smallest absolute Gasteiger partial charge is 0.110 e. The van der Waals surface area contributed by atoms with Gasteiger partial charge in [-0.2, -0.15) is 12.6 Å². The largest absolute Gasteiger partial charge is 0.394 e. The fourth-order valence-electron chi connectivity index (χ4n) is 2.02. The minimum Gasteiger partial charge on any atom is -0.394 e. The normalized spacial score (nSPS) is 38.0. The van der Waals surface area contributed by atoms with Crippen molar-refractivity contribution in [1.29, 1.82) is 0 Å². The Hall–Kier alpha value is -0.590. The summed E-state index contributed by atoms with van der Waals surface area (Å²) in [6.07, 6.45) is -3.34. The highest BCUT2D eigenvalue weighted by Crippen LogP contribution is 2.35. The monoisotopic (exact) mass is 256 g/mol. The summed E-state index contributed by atoms with van der Waals surface area (Å²) in [5.41, 5.74) is 0.872. The summed E-state index contributed by atoms with van der Waals surface area (Å²) in [5.74, 6) is 0. The van der Waals surface area contributed by atoms with Crippen LogP contribution in [-0.2, 0) is 4.74 Å². The lowest BCUT2D eigenvalue weighted by Crippen LogP contribution is -2.53. The van der Waals surface area contributed by atoms with Gasteiger partial charge < -0.3 is 20.1 Å². The van der Waals surface area contributed by atoms with Crippen molar-refractivity contribution in [2.45, 2.75) is 29.7 Å². The molecule has 1 heterocycles. The molecule has 0 radical (unpaired) electrons. The fourth-order valence-corrected chi connectivity index (χ4v) is 2.44. The van der Waals surface area contributed by atoms with Gasteiger partial charge in [-0.1, -0.05) is 30.3 Å². The second kappa shape index (κ2) is 5.37. The molecule has 1 aromatic rings. The van der Waals surface area contributed by atoms with Crippen molar-refractivity contribution in [1.82, 2.24) is 0 Å². The predicted molar refractivity (Wildman–Crippen MR) is 65.9 cm³/mol. The summed E-state index contributed by atoms with van der Waals surface area (Å²) in [4.78, 5) is 0. The average molecular weight is 256 g/mol. The molecule has 1 saturated heterocycles. The average Bonchev–Trinajstić information content (AvgIpc) is 2.37. The van der Waals surface area contributed by atoms with Gasteiger partial charge in [0.1, 0.15) is 12.2 Å². The van der Waals surface area contributed by atoms with E-state index in [1.807, 2.05) is 30.3 Å². The number of thiol groups is 1. The van der Waals surface area contributed by atoms with E-state index in [-0.39, 0.29) is 6.61 Å². The summed E-state index contributed by atoms with van der Waals surface area (Å²) in [5, 5.41) is 28.1. The molecule has 0 amide bonds. The maximum Gasteiger partial charge on any atom is 0.110 e. The zero-order chi connectivity index (χ0) is 12.4. The van der Waals surface area contributed by atoms with Crippen molar-refractivity contribution >= 4 is 12.6 Å². The van der Waals surface area contributed by atoms with Gasteiger partial charge in [-0.05, 0) is 5.56 Å². The first kappa shape index (κ1) is 12.9. The first-order valence-corrected chi connectivity index (χ1v) is 6.02. The van der Waals surface area contributed by atoms with E-state index >= 15 is 0 Å². The summed E-state index contributed by atoms with van der Waals surface area (Å²) in [7, 11) is 0. The molecule has 5 heteroatoms. The molecule has 17 heavy (non-hydrogen) atoms. The molecular weight excluding hydrogens is 240 g/mol. The quantitative estimate of drug-likeness (QED) is 0.568. The first-order chi connectivity index (χ1) is 8.15. The lowest BCUT2D eigenvalue weighted by molar-refractivity contribution is -0.177. The molecule has 0 aromatic heterocycles. The number of hydrogen-bond donors (Lipinski definition) is 4. The first-order valence-electron chi connectivity index (χ1n) is 5.50. The van der Waals surface area contributed by atoms with E-state index in [0.717, 1.165) is 5.56 Å². The lowest BCUT2D eigenvalue weighted by atomic mass is 9.93. The van der Waals surface area contributed by atoms with Crippen molar-refractivity contribution < 1.29 is 20.1 Å². The van der Waals surface area contributed by atoms with E-state index in [0.29, 0.717) is 0 Å². The van der Waals surface area contributed by atoms with E-state index in [2.05, 4.69) is 12.6 Å². The third-order valence-corrected chi connectivity index (χ3v) is 3.60. The molecule has 1 aliphatic heterocycles. The van der Waals surface area contributed by atoms with E-state index in [4.69, 9.17) is 9.84 Å². The standard InChI is InChI=1S/C12H16O4S/c13-6-8-9(14)10(15)12(17)11(16-8)7-4-2-1-3-5-7/h1-5,8-15,17H,6H2/t8-,9-,10+,11?,12-/m1/s1. The summed E-state index contributed by atoms with van der Waals surface area (Å²) in [6, 6.07) is 9.35. The van der Waals surface area contributed by atoms with E-state index in [1.165, 1.54) is 0 Å². The molecular formula is C12H16O4S. The molecule has 1 aromatic carbocycles. The van der Waals surface area contributed by atoms with E-state index < -0.39 is 29.7 Å². The lowest BCUT2D eigenvalue weighted by Gasteiger charge is -2.40. The van der Waals surface area contributed by atoms with Crippen molar-refractivity contribution in [3.8, 4) is 0 Å². The second-order valence-corrected chi connectivity index (χ2v) is 4.76. The SMILES string of the molecule is OC[C@H]1OC(c2ccccc2)[C@H](S)[C@@H](O)[C@@H]1O. The van der Waals surface area contributed by atoms with Crippen LogP contribution in [0.3, 0.4) is 0 Å². The van der Waals surface area contributed by atoms with Gasteiger partial charge in [-0.25, -0.2) is 0 Å². The van der Waals surface area contributed by atoms with Crippen LogP contribution in [0.1, 0.15) is 11.7 Å². The van der Waals surface area contributed by atoms with Crippen LogP contribution in [0.2, 0.25) is 0 Å². The highest BCUT2D eigenvalue weighted by atomic mass is 32.1. The third kappa shape index (κ3) is 2.48. The van der Waals surface area contributed by atoms with Gasteiger partial charge in [-0.3, -0.25) is 0 Å². The van der Waals surface area contributed by atoms with Gasteiger partial charge in [0, 0.05) is 0 Å². The van der Waals surface area contributed by atoms with Crippen LogP contribution in [0.25, 0.3) is 0 Å². The van der Waals surface area contributed by atoms with Crippen LogP contribution >= 0.6 is 12.6 Å². The number of ether oxygens (including phenoxy) is 1. The maximum absolute atomic E-state index is 9.86. The van der Waals surface area contributed by atoms with Crippen LogP contribution in [0.15, 0.2) is 30.3 Å². The zero-order valence-corrected chi connectivity index (χ0v) is 10.1. The Morgan fingerprint density at radius 3 is 2.35 bits per heavy atom. The van der Waals surface area contributed by atoms with Crippen molar-refractivity contribution in [3.05, 3.63) is 35.9 Å². The van der Waals surface area contributed by atoms with E-state index in [1.54, 1.807) is 0 Å². The third-order valence-electron chi connectivity index (χ3n) is 3.02. The van der Waals surface area contributed by atoms with Crippen LogP contribution < -0.4 is 0 Å². The molecule has 0 saturated carbocycles. The van der Waals surface area contributed by atoms with Crippen LogP contribution in [0, 0.1) is 0 Å². The van der Waals surface area contributed by atoms with E-state index in [9.17, 15) is 10.2 Å². The van der Waals surface area contributed by atoms with Gasteiger partial charge in [0.15, 0.2) is 0 Å². The molecule has 0 aliphatic carbocycles. The predicted octanol–water partition coefficient (Wildman–Crippen LogP) is 0.139. The summed E-state index contributed by atoms with van der Waals surface area (Å²) in [6.45, 7) is -0.331. The molecule has 1 fully saturated rings. The number of aliphatic hydroxyl groups excluding tert-OH is 3. The number of aliphatic hydroxyl groups is 3. The maximum atomic E-state index is 9.86.